The van der Waals surface area contributed by atoms with Crippen molar-refractivity contribution < 1.29 is 9.59 Å². The van der Waals surface area contributed by atoms with Crippen LogP contribution in [0.4, 0.5) is 0 Å². The highest BCUT2D eigenvalue weighted by molar-refractivity contribution is 5.87. The first-order valence-corrected chi connectivity index (χ1v) is 6.93. The Hall–Kier alpha value is -1.32. The van der Waals surface area contributed by atoms with Crippen molar-refractivity contribution in [1.82, 2.24) is 9.80 Å². The van der Waals surface area contributed by atoms with Crippen molar-refractivity contribution in [2.45, 2.75) is 53.0 Å². The first-order valence-electron chi connectivity index (χ1n) is 6.93. The van der Waals surface area contributed by atoms with Gasteiger partial charge in [-0.25, -0.2) is 0 Å². The predicted octanol–water partition coefficient (Wildman–Crippen LogP) is 2.12. The van der Waals surface area contributed by atoms with E-state index in [1.54, 1.807) is 4.90 Å². The predicted molar refractivity (Wildman–Crippen MR) is 71.8 cm³/mol. The summed E-state index contributed by atoms with van der Waals surface area (Å²) in [7, 11) is 0. The van der Waals surface area contributed by atoms with Gasteiger partial charge in [-0.1, -0.05) is 27.7 Å². The fraction of sp³-hybridized carbons (Fsp3) is 0.733. The van der Waals surface area contributed by atoms with Crippen LogP contribution in [0.1, 0.15) is 47.5 Å². The third-order valence-electron chi connectivity index (χ3n) is 5.40. The minimum Gasteiger partial charge on any atom is -0.315 e. The number of rotatable bonds is 0. The van der Waals surface area contributed by atoms with Gasteiger partial charge in [-0.15, -0.1) is 0 Å². The van der Waals surface area contributed by atoms with Gasteiger partial charge in [0.15, 0.2) is 0 Å². The molecule has 0 aliphatic carbocycles. The van der Waals surface area contributed by atoms with Crippen molar-refractivity contribution in [3.63, 3.8) is 0 Å². The maximum absolute atomic E-state index is 12.2. The van der Waals surface area contributed by atoms with Crippen molar-refractivity contribution in [3.05, 3.63) is 11.8 Å². The number of fused-ring (bicyclic) bond motifs is 2. The largest absolute Gasteiger partial charge is 0.315 e. The lowest BCUT2D eigenvalue weighted by molar-refractivity contribution is -0.137. The molecular weight excluding hydrogens is 240 g/mol. The zero-order chi connectivity index (χ0) is 14.2. The van der Waals surface area contributed by atoms with Crippen LogP contribution in [0, 0.1) is 10.8 Å². The lowest BCUT2D eigenvalue weighted by Gasteiger charge is -2.48. The minimum atomic E-state index is -0.280. The molecule has 4 heteroatoms. The van der Waals surface area contributed by atoms with Gasteiger partial charge in [0.2, 0.25) is 11.8 Å². The molecule has 0 aromatic rings. The molecule has 2 amide bonds. The van der Waals surface area contributed by atoms with Crippen molar-refractivity contribution in [1.29, 1.82) is 0 Å². The van der Waals surface area contributed by atoms with E-state index in [1.807, 2.05) is 4.90 Å². The van der Waals surface area contributed by atoms with Crippen LogP contribution in [0.2, 0.25) is 0 Å². The Kier molecular flexibility index (Phi) is 2.15. The lowest BCUT2D eigenvalue weighted by Crippen LogP contribution is -2.56. The van der Waals surface area contributed by atoms with Crippen LogP contribution in [-0.4, -0.2) is 33.8 Å². The van der Waals surface area contributed by atoms with E-state index in [4.69, 9.17) is 0 Å². The van der Waals surface area contributed by atoms with E-state index in [2.05, 4.69) is 40.7 Å². The standard InChI is InChI=1S/C15H22N2O2/c1-13(2)7-11(18)16-9-17-12(19)8-14(3,4)15(17,5)6-10(13)16/h6H,7-9H2,1-5H3. The molecule has 0 N–H and O–H groups in total. The number of carbonyl (C=O) groups is 2. The molecule has 3 aliphatic rings. The molecule has 1 unspecified atom stereocenters. The SMILES string of the molecule is CC1(C)CC(=O)N2CN3C(=O)CC(C)(C)C3(C)C=C21. The van der Waals surface area contributed by atoms with Gasteiger partial charge >= 0.3 is 0 Å². The summed E-state index contributed by atoms with van der Waals surface area (Å²) >= 11 is 0. The number of carbonyl (C=O) groups excluding carboxylic acids is 2. The molecule has 19 heavy (non-hydrogen) atoms. The van der Waals surface area contributed by atoms with Gasteiger partial charge in [-0.05, 0) is 13.0 Å². The summed E-state index contributed by atoms with van der Waals surface area (Å²) in [6.07, 6.45) is 3.26. The molecule has 2 saturated heterocycles. The highest BCUT2D eigenvalue weighted by atomic mass is 16.2. The fourth-order valence-electron chi connectivity index (χ4n) is 3.68. The number of hydrogen-bond donors (Lipinski definition) is 0. The summed E-state index contributed by atoms with van der Waals surface area (Å²) in [6, 6.07) is 0. The third-order valence-corrected chi connectivity index (χ3v) is 5.40. The fourth-order valence-corrected chi connectivity index (χ4v) is 3.68. The van der Waals surface area contributed by atoms with Gasteiger partial charge in [0, 0.05) is 29.4 Å². The van der Waals surface area contributed by atoms with E-state index in [9.17, 15) is 9.59 Å². The van der Waals surface area contributed by atoms with Crippen LogP contribution in [0.5, 0.6) is 0 Å². The van der Waals surface area contributed by atoms with Crippen molar-refractivity contribution in [3.8, 4) is 0 Å². The summed E-state index contributed by atoms with van der Waals surface area (Å²) in [5.41, 5.74) is 0.607. The summed E-state index contributed by atoms with van der Waals surface area (Å²) in [6.45, 7) is 11.1. The Morgan fingerprint density at radius 2 is 1.63 bits per heavy atom. The monoisotopic (exact) mass is 262 g/mol. The van der Waals surface area contributed by atoms with Crippen LogP contribution in [-0.2, 0) is 9.59 Å². The quantitative estimate of drug-likeness (QED) is 0.671. The van der Waals surface area contributed by atoms with Crippen molar-refractivity contribution >= 4 is 11.8 Å². The average molecular weight is 262 g/mol. The number of allylic oxidation sites excluding steroid dienone is 1. The highest BCUT2D eigenvalue weighted by Gasteiger charge is 2.58. The zero-order valence-electron chi connectivity index (χ0n) is 12.4. The first-order chi connectivity index (χ1) is 8.58. The van der Waals surface area contributed by atoms with E-state index in [1.165, 1.54) is 0 Å². The molecule has 0 aromatic carbocycles. The molecule has 104 valence electrons. The lowest BCUT2D eigenvalue weighted by atomic mass is 9.71. The number of hydrogen-bond acceptors (Lipinski definition) is 2. The van der Waals surface area contributed by atoms with Gasteiger partial charge in [0.1, 0.15) is 6.67 Å². The molecule has 3 heterocycles. The van der Waals surface area contributed by atoms with Crippen LogP contribution < -0.4 is 0 Å². The molecule has 3 rings (SSSR count). The topological polar surface area (TPSA) is 40.6 Å². The van der Waals surface area contributed by atoms with Crippen LogP contribution >= 0.6 is 0 Å². The second kappa shape index (κ2) is 3.22. The molecule has 0 bridgehead atoms. The van der Waals surface area contributed by atoms with Crippen molar-refractivity contribution in [2.24, 2.45) is 10.8 Å². The van der Waals surface area contributed by atoms with Gasteiger partial charge in [0.25, 0.3) is 0 Å². The summed E-state index contributed by atoms with van der Waals surface area (Å²) in [4.78, 5) is 28.0. The van der Waals surface area contributed by atoms with E-state index < -0.39 is 0 Å². The summed E-state index contributed by atoms with van der Waals surface area (Å²) < 4.78 is 0. The highest BCUT2D eigenvalue weighted by Crippen LogP contribution is 2.53. The molecule has 0 saturated carbocycles. The second-order valence-electron chi connectivity index (χ2n) is 7.58. The molecular formula is C15H22N2O2. The Morgan fingerprint density at radius 3 is 2.26 bits per heavy atom. The first kappa shape index (κ1) is 12.7. The molecule has 0 radical (unpaired) electrons. The average Bonchev–Trinajstić information content (AvgIpc) is 2.56. The van der Waals surface area contributed by atoms with Crippen molar-refractivity contribution in [2.75, 3.05) is 6.67 Å². The van der Waals surface area contributed by atoms with E-state index in [0.29, 0.717) is 19.5 Å². The minimum absolute atomic E-state index is 0.0924. The Labute approximate surface area is 114 Å². The maximum atomic E-state index is 12.2. The number of nitrogens with zero attached hydrogens (tertiary/aromatic N) is 2. The van der Waals surface area contributed by atoms with Crippen LogP contribution in [0.25, 0.3) is 0 Å². The van der Waals surface area contributed by atoms with Crippen LogP contribution in [0.3, 0.4) is 0 Å². The molecule has 1 atom stereocenters. The smallest absolute Gasteiger partial charge is 0.229 e. The van der Waals surface area contributed by atoms with Gasteiger partial charge in [-0.2, -0.15) is 0 Å². The Bertz CT molecular complexity index is 518. The zero-order valence-corrected chi connectivity index (χ0v) is 12.4. The van der Waals surface area contributed by atoms with Gasteiger partial charge in [-0.3, -0.25) is 14.5 Å². The van der Waals surface area contributed by atoms with E-state index in [-0.39, 0.29) is 28.2 Å². The number of amides is 2. The van der Waals surface area contributed by atoms with Crippen LogP contribution in [0.15, 0.2) is 11.8 Å². The van der Waals surface area contributed by atoms with E-state index in [0.717, 1.165) is 5.70 Å². The van der Waals surface area contributed by atoms with Gasteiger partial charge < -0.3 is 4.90 Å². The maximum Gasteiger partial charge on any atom is 0.229 e. The molecule has 4 nitrogen and oxygen atoms in total. The third kappa shape index (κ3) is 1.40. The Morgan fingerprint density at radius 1 is 1.00 bits per heavy atom. The molecule has 0 spiro atoms. The molecule has 3 aliphatic heterocycles. The second-order valence-corrected chi connectivity index (χ2v) is 7.58. The molecule has 2 fully saturated rings. The normalized spacial score (nSPS) is 35.3. The summed E-state index contributed by atoms with van der Waals surface area (Å²) in [5, 5.41) is 0. The summed E-state index contributed by atoms with van der Waals surface area (Å²) in [5.74, 6) is 0.288. The van der Waals surface area contributed by atoms with Gasteiger partial charge in [0.05, 0.1) is 5.54 Å². The molecule has 0 aromatic heterocycles. The Balaban J connectivity index is 2.16. The van der Waals surface area contributed by atoms with E-state index >= 15 is 0 Å².